The van der Waals surface area contributed by atoms with Crippen molar-refractivity contribution in [2.45, 2.75) is 49.6 Å². The first kappa shape index (κ1) is 15.9. The second kappa shape index (κ2) is 6.05. The lowest BCUT2D eigenvalue weighted by Gasteiger charge is -2.45. The maximum atomic E-state index is 12.7. The van der Waals surface area contributed by atoms with Crippen LogP contribution in [0.5, 0.6) is 0 Å². The van der Waals surface area contributed by atoms with Gasteiger partial charge < -0.3 is 20.9 Å². The van der Waals surface area contributed by atoms with Gasteiger partial charge in [-0.3, -0.25) is 4.79 Å². The zero-order chi connectivity index (χ0) is 16.6. The zero-order valence-electron chi connectivity index (χ0n) is 14.3. The monoisotopic (exact) mass is 328 g/mol. The highest BCUT2D eigenvalue weighted by Crippen LogP contribution is 2.37. The minimum Gasteiger partial charge on any atom is -0.339 e. The number of rotatable bonds is 3. The van der Waals surface area contributed by atoms with Gasteiger partial charge in [-0.15, -0.1) is 0 Å². The molecule has 1 spiro atoms. The molecule has 3 fully saturated rings. The van der Waals surface area contributed by atoms with Crippen molar-refractivity contribution in [1.82, 2.24) is 10.2 Å². The number of likely N-dealkylation sites (tertiary alicyclic amines) is 1. The van der Waals surface area contributed by atoms with Gasteiger partial charge in [-0.1, -0.05) is 31.0 Å². The molecule has 2 saturated heterocycles. The lowest BCUT2D eigenvalue weighted by atomic mass is 9.84. The van der Waals surface area contributed by atoms with E-state index >= 15 is 0 Å². The number of carbonyl (C=O) groups is 1. The summed E-state index contributed by atoms with van der Waals surface area (Å²) in [6, 6.07) is 10.3. The Morgan fingerprint density at radius 3 is 2.38 bits per heavy atom. The van der Waals surface area contributed by atoms with E-state index < -0.39 is 0 Å². The van der Waals surface area contributed by atoms with Crippen LogP contribution in [-0.4, -0.2) is 48.2 Å². The molecule has 1 amide bonds. The molecule has 1 aliphatic carbocycles. The van der Waals surface area contributed by atoms with Crippen molar-refractivity contribution >= 4 is 11.6 Å². The number of benzene rings is 1. The number of hydrogen-bond acceptors (Lipinski definition) is 4. The molecule has 2 heterocycles. The van der Waals surface area contributed by atoms with Gasteiger partial charge in [-0.05, 0) is 37.8 Å². The number of piperidine rings is 1. The molecule has 3 N–H and O–H groups in total. The fourth-order valence-corrected chi connectivity index (χ4v) is 4.80. The molecule has 4 rings (SSSR count). The Morgan fingerprint density at radius 2 is 1.71 bits per heavy atom. The maximum Gasteiger partial charge on any atom is 0.247 e. The van der Waals surface area contributed by atoms with Crippen molar-refractivity contribution in [3.8, 4) is 0 Å². The fraction of sp³-hybridized carbons (Fsp3) is 0.632. The lowest BCUT2D eigenvalue weighted by molar-refractivity contribution is -0.125. The molecule has 1 aromatic rings. The number of hydrogen-bond donors (Lipinski definition) is 2. The summed E-state index contributed by atoms with van der Waals surface area (Å²) in [5.74, 6) is 0.189. The third-order valence-corrected chi connectivity index (χ3v) is 6.23. The summed E-state index contributed by atoms with van der Waals surface area (Å²) in [6.45, 7) is 3.51. The molecule has 1 aromatic carbocycles. The molecular formula is C19H28N4O. The van der Waals surface area contributed by atoms with Gasteiger partial charge >= 0.3 is 0 Å². The van der Waals surface area contributed by atoms with Crippen molar-refractivity contribution in [3.63, 3.8) is 0 Å². The van der Waals surface area contributed by atoms with Crippen molar-refractivity contribution in [1.29, 1.82) is 0 Å². The second-order valence-corrected chi connectivity index (χ2v) is 7.80. The summed E-state index contributed by atoms with van der Waals surface area (Å²) in [7, 11) is 0. The van der Waals surface area contributed by atoms with E-state index in [0.717, 1.165) is 51.0 Å². The van der Waals surface area contributed by atoms with Gasteiger partial charge in [0.1, 0.15) is 5.54 Å². The van der Waals surface area contributed by atoms with Crippen molar-refractivity contribution < 1.29 is 4.79 Å². The van der Waals surface area contributed by atoms with E-state index in [0.29, 0.717) is 6.67 Å². The zero-order valence-corrected chi connectivity index (χ0v) is 14.3. The standard InChI is InChI=1S/C19H28N4O/c20-18(8-4-5-9-18)14-22-12-10-19(11-13-22)17(24)21-15-23(19)16-6-2-1-3-7-16/h1-3,6-7H,4-5,8-15,20H2,(H,21,24). The molecular weight excluding hydrogens is 300 g/mol. The molecule has 0 unspecified atom stereocenters. The largest absolute Gasteiger partial charge is 0.339 e. The molecule has 2 aliphatic heterocycles. The van der Waals surface area contributed by atoms with Crippen molar-refractivity contribution in [2.75, 3.05) is 31.2 Å². The number of para-hydroxylation sites is 1. The highest BCUT2D eigenvalue weighted by Gasteiger charge is 2.50. The molecule has 1 saturated carbocycles. The van der Waals surface area contributed by atoms with E-state index in [4.69, 9.17) is 5.73 Å². The highest BCUT2D eigenvalue weighted by atomic mass is 16.2. The number of nitrogens with zero attached hydrogens (tertiary/aromatic N) is 2. The van der Waals surface area contributed by atoms with E-state index in [1.807, 2.05) is 18.2 Å². The summed E-state index contributed by atoms with van der Waals surface area (Å²) in [4.78, 5) is 17.4. The van der Waals surface area contributed by atoms with E-state index in [2.05, 4.69) is 27.2 Å². The smallest absolute Gasteiger partial charge is 0.247 e. The predicted octanol–water partition coefficient (Wildman–Crippen LogP) is 1.69. The third kappa shape index (κ3) is 2.70. The second-order valence-electron chi connectivity index (χ2n) is 7.80. The van der Waals surface area contributed by atoms with Crippen LogP contribution >= 0.6 is 0 Å². The van der Waals surface area contributed by atoms with Gasteiger partial charge in [0.25, 0.3) is 0 Å². The summed E-state index contributed by atoms with van der Waals surface area (Å²) in [5, 5.41) is 3.07. The van der Waals surface area contributed by atoms with Crippen LogP contribution in [0.25, 0.3) is 0 Å². The minimum atomic E-state index is -0.380. The lowest BCUT2D eigenvalue weighted by Crippen LogP contribution is -2.59. The molecule has 24 heavy (non-hydrogen) atoms. The topological polar surface area (TPSA) is 61.6 Å². The van der Waals surface area contributed by atoms with Crippen molar-refractivity contribution in [3.05, 3.63) is 30.3 Å². The normalized spacial score (nSPS) is 26.0. The molecule has 0 radical (unpaired) electrons. The van der Waals surface area contributed by atoms with E-state index in [9.17, 15) is 4.79 Å². The highest BCUT2D eigenvalue weighted by molar-refractivity contribution is 5.93. The van der Waals surface area contributed by atoms with Crippen LogP contribution in [0.2, 0.25) is 0 Å². The number of carbonyl (C=O) groups excluding carboxylic acids is 1. The SMILES string of the molecule is NC1(CN2CCC3(CC2)C(=O)NCN3c2ccccc2)CCCC1. The van der Waals surface area contributed by atoms with Gasteiger partial charge in [-0.2, -0.15) is 0 Å². The minimum absolute atomic E-state index is 0.00154. The average Bonchev–Trinajstić information content (AvgIpc) is 3.16. The molecule has 0 bridgehead atoms. The van der Waals surface area contributed by atoms with Crippen LogP contribution in [0.4, 0.5) is 5.69 Å². The fourth-order valence-electron chi connectivity index (χ4n) is 4.80. The Labute approximate surface area is 144 Å². The van der Waals surface area contributed by atoms with Gasteiger partial charge in [0.15, 0.2) is 0 Å². The molecule has 5 nitrogen and oxygen atoms in total. The number of nitrogens with two attached hydrogens (primary N) is 1. The van der Waals surface area contributed by atoms with Crippen molar-refractivity contribution in [2.24, 2.45) is 5.73 Å². The first-order valence-corrected chi connectivity index (χ1v) is 9.24. The van der Waals surface area contributed by atoms with Crippen LogP contribution < -0.4 is 16.0 Å². The quantitative estimate of drug-likeness (QED) is 0.886. The number of amides is 1. The van der Waals surface area contributed by atoms with Gasteiger partial charge in [-0.25, -0.2) is 0 Å². The molecule has 5 heteroatoms. The number of nitrogens with one attached hydrogen (secondary N) is 1. The molecule has 3 aliphatic rings. The molecule has 0 aromatic heterocycles. The van der Waals surface area contributed by atoms with Crippen LogP contribution in [0.3, 0.4) is 0 Å². The molecule has 0 atom stereocenters. The van der Waals surface area contributed by atoms with Gasteiger partial charge in [0.2, 0.25) is 5.91 Å². The third-order valence-electron chi connectivity index (χ3n) is 6.23. The summed E-state index contributed by atoms with van der Waals surface area (Å²) in [6.07, 6.45) is 6.57. The average molecular weight is 328 g/mol. The van der Waals surface area contributed by atoms with E-state index in [-0.39, 0.29) is 17.0 Å². The molecule has 130 valence electrons. The summed E-state index contributed by atoms with van der Waals surface area (Å²) in [5.41, 5.74) is 7.31. The van der Waals surface area contributed by atoms with Gasteiger partial charge in [0, 0.05) is 30.9 Å². The first-order chi connectivity index (χ1) is 11.6. The summed E-state index contributed by atoms with van der Waals surface area (Å²) >= 11 is 0. The van der Waals surface area contributed by atoms with Crippen LogP contribution in [0, 0.1) is 0 Å². The van der Waals surface area contributed by atoms with E-state index in [1.54, 1.807) is 0 Å². The Balaban J connectivity index is 1.47. The van der Waals surface area contributed by atoms with Crippen LogP contribution in [0.1, 0.15) is 38.5 Å². The first-order valence-electron chi connectivity index (χ1n) is 9.24. The summed E-state index contributed by atoms with van der Waals surface area (Å²) < 4.78 is 0. The number of anilines is 1. The van der Waals surface area contributed by atoms with E-state index in [1.165, 1.54) is 12.8 Å². The maximum absolute atomic E-state index is 12.7. The Hall–Kier alpha value is -1.59. The van der Waals surface area contributed by atoms with Gasteiger partial charge in [0.05, 0.1) is 6.67 Å². The Kier molecular flexibility index (Phi) is 4.01. The Bertz CT molecular complexity index is 589. The Morgan fingerprint density at radius 1 is 1.04 bits per heavy atom. The predicted molar refractivity (Wildman–Crippen MR) is 95.7 cm³/mol. The van der Waals surface area contributed by atoms with Crippen LogP contribution in [-0.2, 0) is 4.79 Å². The van der Waals surface area contributed by atoms with Crippen LogP contribution in [0.15, 0.2) is 30.3 Å².